The second kappa shape index (κ2) is 6.66. The number of anilines is 1. The summed E-state index contributed by atoms with van der Waals surface area (Å²) >= 11 is 0. The number of halogens is 1. The first-order valence-corrected chi connectivity index (χ1v) is 8.77. The van der Waals surface area contributed by atoms with Crippen LogP contribution in [0.1, 0.15) is 18.7 Å². The summed E-state index contributed by atoms with van der Waals surface area (Å²) in [6.45, 7) is 1.22. The van der Waals surface area contributed by atoms with Crippen molar-refractivity contribution in [3.63, 3.8) is 0 Å². The number of likely N-dealkylation sites (tertiary alicyclic amines) is 1. The molecule has 8 nitrogen and oxygen atoms in total. The van der Waals surface area contributed by atoms with Crippen molar-refractivity contribution in [3.05, 3.63) is 48.3 Å². The van der Waals surface area contributed by atoms with Gasteiger partial charge in [0, 0.05) is 44.0 Å². The molecule has 2 aliphatic rings. The average Bonchev–Trinajstić information content (AvgIpc) is 3.14. The van der Waals surface area contributed by atoms with Crippen molar-refractivity contribution in [2.75, 3.05) is 18.4 Å². The van der Waals surface area contributed by atoms with Crippen LogP contribution in [-0.4, -0.2) is 45.6 Å². The van der Waals surface area contributed by atoms with Gasteiger partial charge in [-0.3, -0.25) is 4.79 Å². The number of urea groups is 1. The van der Waals surface area contributed by atoms with E-state index in [1.165, 1.54) is 24.3 Å². The van der Waals surface area contributed by atoms with Gasteiger partial charge in [0.25, 0.3) is 0 Å². The van der Waals surface area contributed by atoms with Crippen LogP contribution >= 0.6 is 0 Å². The maximum absolute atomic E-state index is 13.0. The lowest BCUT2D eigenvalue weighted by Gasteiger charge is -2.45. The van der Waals surface area contributed by atoms with E-state index in [1.54, 1.807) is 11.1 Å². The minimum absolute atomic E-state index is 0.262. The zero-order chi connectivity index (χ0) is 19.0. The van der Waals surface area contributed by atoms with Crippen molar-refractivity contribution in [1.82, 2.24) is 14.5 Å². The Balaban J connectivity index is 1.46. The summed E-state index contributed by atoms with van der Waals surface area (Å²) in [6, 6.07) is 5.34. The van der Waals surface area contributed by atoms with E-state index in [1.807, 2.05) is 10.8 Å². The number of piperidine rings is 1. The van der Waals surface area contributed by atoms with Gasteiger partial charge in [-0.05, 0) is 24.3 Å². The fourth-order valence-electron chi connectivity index (χ4n) is 3.69. The van der Waals surface area contributed by atoms with Gasteiger partial charge in [-0.15, -0.1) is 0 Å². The Morgan fingerprint density at radius 1 is 1.26 bits per heavy atom. The predicted octanol–water partition coefficient (Wildman–Crippen LogP) is 1.43. The molecule has 1 atom stereocenters. The average molecular weight is 373 g/mol. The van der Waals surface area contributed by atoms with Crippen molar-refractivity contribution in [1.29, 1.82) is 0 Å². The molecule has 1 saturated heterocycles. The van der Waals surface area contributed by atoms with Crippen LogP contribution in [0.4, 0.5) is 14.9 Å². The Hall–Kier alpha value is -2.94. The van der Waals surface area contributed by atoms with E-state index in [4.69, 9.17) is 10.5 Å². The molecule has 27 heavy (non-hydrogen) atoms. The number of primary amides is 1. The van der Waals surface area contributed by atoms with E-state index < -0.39 is 17.6 Å². The Labute approximate surface area is 155 Å². The molecule has 3 amide bonds. The number of nitrogens with one attached hydrogen (secondary N) is 1. The lowest BCUT2D eigenvalue weighted by molar-refractivity contribution is -0.169. The zero-order valence-electron chi connectivity index (χ0n) is 14.6. The summed E-state index contributed by atoms with van der Waals surface area (Å²) in [6.07, 6.45) is 3.78. The number of nitrogens with zero attached hydrogens (tertiary/aromatic N) is 3. The first-order chi connectivity index (χ1) is 13.0. The minimum Gasteiger partial charge on any atom is -0.367 e. The molecule has 0 aliphatic carbocycles. The standard InChI is InChI=1S/C18H20FN5O3/c19-12-1-3-13(4-2-12)22-17(26)23-8-5-18(6-9-23)16-21-7-10-24(16)11-14(27-18)15(20)25/h1-4,7,10,14H,5-6,8-9,11H2,(H2,20,25)(H,22,26). The van der Waals surface area contributed by atoms with Gasteiger partial charge < -0.3 is 25.3 Å². The second-order valence-electron chi connectivity index (χ2n) is 6.83. The van der Waals surface area contributed by atoms with Crippen LogP contribution in [0.15, 0.2) is 36.7 Å². The molecule has 2 aliphatic heterocycles. The van der Waals surface area contributed by atoms with E-state index in [0.29, 0.717) is 38.2 Å². The fourth-order valence-corrected chi connectivity index (χ4v) is 3.69. The molecular weight excluding hydrogens is 353 g/mol. The van der Waals surface area contributed by atoms with Crippen LogP contribution < -0.4 is 11.1 Å². The van der Waals surface area contributed by atoms with Gasteiger partial charge in [0.2, 0.25) is 5.91 Å². The number of benzene rings is 1. The third-order valence-electron chi connectivity index (χ3n) is 5.12. The molecule has 0 bridgehead atoms. The maximum atomic E-state index is 13.0. The quantitative estimate of drug-likeness (QED) is 0.831. The number of imidazole rings is 1. The number of amides is 3. The first kappa shape index (κ1) is 17.5. The molecule has 0 saturated carbocycles. The highest BCUT2D eigenvalue weighted by Gasteiger charge is 2.47. The summed E-state index contributed by atoms with van der Waals surface area (Å²) in [5.41, 5.74) is 5.26. The van der Waals surface area contributed by atoms with Gasteiger partial charge in [-0.2, -0.15) is 0 Å². The van der Waals surface area contributed by atoms with Crippen LogP contribution in [0.5, 0.6) is 0 Å². The van der Waals surface area contributed by atoms with E-state index in [0.717, 1.165) is 5.82 Å². The van der Waals surface area contributed by atoms with Crippen molar-refractivity contribution in [2.24, 2.45) is 5.73 Å². The number of nitrogens with two attached hydrogens (primary N) is 1. The second-order valence-corrected chi connectivity index (χ2v) is 6.83. The van der Waals surface area contributed by atoms with E-state index >= 15 is 0 Å². The molecule has 4 rings (SSSR count). The van der Waals surface area contributed by atoms with Crippen molar-refractivity contribution < 1.29 is 18.7 Å². The highest BCUT2D eigenvalue weighted by Crippen LogP contribution is 2.40. The zero-order valence-corrected chi connectivity index (χ0v) is 14.6. The van der Waals surface area contributed by atoms with Crippen LogP contribution in [-0.2, 0) is 21.7 Å². The van der Waals surface area contributed by atoms with Gasteiger partial charge >= 0.3 is 6.03 Å². The summed E-state index contributed by atoms with van der Waals surface area (Å²) in [5, 5.41) is 2.76. The van der Waals surface area contributed by atoms with Crippen LogP contribution in [0.2, 0.25) is 0 Å². The van der Waals surface area contributed by atoms with Gasteiger partial charge in [0.1, 0.15) is 17.2 Å². The summed E-state index contributed by atoms with van der Waals surface area (Å²) in [5.74, 6) is -0.106. The number of fused-ring (bicyclic) bond motifs is 2. The van der Waals surface area contributed by atoms with E-state index in [9.17, 15) is 14.0 Å². The van der Waals surface area contributed by atoms with Gasteiger partial charge in [0.15, 0.2) is 6.10 Å². The molecule has 1 aromatic heterocycles. The Morgan fingerprint density at radius 3 is 2.63 bits per heavy atom. The molecule has 3 heterocycles. The maximum Gasteiger partial charge on any atom is 0.321 e. The Kier molecular flexibility index (Phi) is 4.31. The fraction of sp³-hybridized carbons (Fsp3) is 0.389. The predicted molar refractivity (Wildman–Crippen MR) is 94.2 cm³/mol. The molecule has 0 radical (unpaired) electrons. The van der Waals surface area contributed by atoms with Crippen LogP contribution in [0.3, 0.4) is 0 Å². The SMILES string of the molecule is NC(=O)C1Cn2ccnc2C2(CCN(C(=O)Nc3ccc(F)cc3)CC2)O1. The Bertz CT molecular complexity index is 858. The molecule has 1 spiro atoms. The topological polar surface area (TPSA) is 102 Å². The molecule has 1 aromatic carbocycles. The van der Waals surface area contributed by atoms with Gasteiger partial charge in [0.05, 0.1) is 6.54 Å². The largest absolute Gasteiger partial charge is 0.367 e. The molecule has 9 heteroatoms. The summed E-state index contributed by atoms with van der Waals surface area (Å²) in [7, 11) is 0. The normalized spacial score (nSPS) is 20.9. The molecule has 1 fully saturated rings. The number of hydrogen-bond donors (Lipinski definition) is 2. The number of hydrogen-bond acceptors (Lipinski definition) is 4. The number of aromatic nitrogens is 2. The Morgan fingerprint density at radius 2 is 1.96 bits per heavy atom. The highest BCUT2D eigenvalue weighted by atomic mass is 19.1. The lowest BCUT2D eigenvalue weighted by Crippen LogP contribution is -2.54. The number of ether oxygens (including phenoxy) is 1. The van der Waals surface area contributed by atoms with E-state index in [2.05, 4.69) is 10.3 Å². The number of carbonyl (C=O) groups excluding carboxylic acids is 2. The monoisotopic (exact) mass is 373 g/mol. The van der Waals surface area contributed by atoms with Gasteiger partial charge in [-0.25, -0.2) is 14.2 Å². The van der Waals surface area contributed by atoms with Gasteiger partial charge in [-0.1, -0.05) is 0 Å². The third kappa shape index (κ3) is 3.25. The summed E-state index contributed by atoms with van der Waals surface area (Å²) in [4.78, 5) is 30.2. The molecule has 142 valence electrons. The minimum atomic E-state index is -0.728. The van der Waals surface area contributed by atoms with Crippen LogP contribution in [0.25, 0.3) is 0 Å². The van der Waals surface area contributed by atoms with E-state index in [-0.39, 0.29) is 11.8 Å². The number of rotatable bonds is 2. The smallest absolute Gasteiger partial charge is 0.321 e. The van der Waals surface area contributed by atoms with Crippen molar-refractivity contribution in [3.8, 4) is 0 Å². The van der Waals surface area contributed by atoms with Crippen LogP contribution in [0, 0.1) is 5.82 Å². The highest BCUT2D eigenvalue weighted by molar-refractivity contribution is 5.89. The molecule has 1 unspecified atom stereocenters. The summed E-state index contributed by atoms with van der Waals surface area (Å²) < 4.78 is 20.9. The molecular formula is C18H20FN5O3. The number of carbonyl (C=O) groups is 2. The van der Waals surface area contributed by atoms with Crippen molar-refractivity contribution in [2.45, 2.75) is 31.1 Å². The third-order valence-corrected chi connectivity index (χ3v) is 5.12. The lowest BCUT2D eigenvalue weighted by atomic mass is 9.88. The molecule has 3 N–H and O–H groups in total. The van der Waals surface area contributed by atoms with Crippen molar-refractivity contribution >= 4 is 17.6 Å². The first-order valence-electron chi connectivity index (χ1n) is 8.77. The molecule has 2 aromatic rings.